The Bertz CT molecular complexity index is 897. The van der Waals surface area contributed by atoms with E-state index in [9.17, 15) is 14.4 Å². The fourth-order valence-electron chi connectivity index (χ4n) is 3.31. The van der Waals surface area contributed by atoms with Crippen LogP contribution in [0.3, 0.4) is 0 Å². The number of rotatable bonds is 5. The number of nitrogens with one attached hydrogen (secondary N) is 3. The molecule has 0 saturated carbocycles. The topological polar surface area (TPSA) is 113 Å². The van der Waals surface area contributed by atoms with Crippen molar-refractivity contribution >= 4 is 34.7 Å². The van der Waals surface area contributed by atoms with Crippen LogP contribution in [0, 0.1) is 5.92 Å². The van der Waals surface area contributed by atoms with Crippen molar-refractivity contribution in [2.24, 2.45) is 5.92 Å². The van der Waals surface area contributed by atoms with Gasteiger partial charge in [0, 0.05) is 19.2 Å². The van der Waals surface area contributed by atoms with Crippen molar-refractivity contribution in [2.75, 3.05) is 23.4 Å². The zero-order chi connectivity index (χ0) is 19.6. The van der Waals surface area contributed by atoms with E-state index in [1.54, 1.807) is 44.3 Å². The monoisotopic (exact) mass is 366 g/mol. The Balaban J connectivity index is 1.77. The minimum absolute atomic E-state index is 0.251. The summed E-state index contributed by atoms with van der Waals surface area (Å²) in [7, 11) is 1.77. The Labute approximate surface area is 157 Å². The molecule has 0 bridgehead atoms. The van der Waals surface area contributed by atoms with Gasteiger partial charge in [-0.2, -0.15) is 0 Å². The van der Waals surface area contributed by atoms with Crippen molar-refractivity contribution in [1.82, 2.24) is 5.32 Å². The smallest absolute Gasteiger partial charge is 0.244 e. The lowest BCUT2D eigenvalue weighted by Gasteiger charge is -2.23. The number of anilines is 3. The van der Waals surface area contributed by atoms with E-state index in [1.165, 1.54) is 0 Å². The van der Waals surface area contributed by atoms with Gasteiger partial charge in [0.1, 0.15) is 5.54 Å². The Hall–Kier alpha value is -3.35. The van der Waals surface area contributed by atoms with E-state index < -0.39 is 29.1 Å². The fraction of sp³-hybridized carbons (Fsp3) is 0.250. The van der Waals surface area contributed by atoms with Crippen LogP contribution in [0.5, 0.6) is 0 Å². The lowest BCUT2D eigenvalue weighted by molar-refractivity contribution is -0.135. The third-order valence-electron chi connectivity index (χ3n) is 4.71. The van der Waals surface area contributed by atoms with Crippen molar-refractivity contribution in [3.8, 4) is 0 Å². The van der Waals surface area contributed by atoms with Gasteiger partial charge in [-0.05, 0) is 36.8 Å². The normalized spacial score (nSPS) is 21.6. The van der Waals surface area contributed by atoms with E-state index in [-0.39, 0.29) is 6.42 Å². The average molecular weight is 366 g/mol. The molecule has 7 nitrogen and oxygen atoms in total. The second-order valence-electron chi connectivity index (χ2n) is 6.82. The first-order valence-corrected chi connectivity index (χ1v) is 8.62. The van der Waals surface area contributed by atoms with Gasteiger partial charge >= 0.3 is 0 Å². The molecule has 27 heavy (non-hydrogen) atoms. The van der Waals surface area contributed by atoms with Crippen molar-refractivity contribution in [3.63, 3.8) is 0 Å². The number of benzene rings is 2. The third kappa shape index (κ3) is 3.62. The second-order valence-corrected chi connectivity index (χ2v) is 6.82. The maximum atomic E-state index is 12.9. The van der Waals surface area contributed by atoms with Gasteiger partial charge in [-0.25, -0.2) is 0 Å². The molecule has 7 heteroatoms. The number of amides is 2. The highest BCUT2D eigenvalue weighted by atomic mass is 16.2. The van der Waals surface area contributed by atoms with Crippen LogP contribution in [0.25, 0.3) is 0 Å². The summed E-state index contributed by atoms with van der Waals surface area (Å²) in [5, 5.41) is 8.28. The number of carbonyl (C=O) groups is 3. The van der Waals surface area contributed by atoms with Crippen molar-refractivity contribution in [2.45, 2.75) is 18.9 Å². The predicted octanol–water partition coefficient (Wildman–Crippen LogP) is 1.57. The molecule has 1 saturated heterocycles. The lowest BCUT2D eigenvalue weighted by atomic mass is 9.86. The van der Waals surface area contributed by atoms with Crippen LogP contribution in [0.15, 0.2) is 48.5 Å². The molecule has 5 N–H and O–H groups in total. The highest BCUT2D eigenvalue weighted by molar-refractivity contribution is 6.27. The van der Waals surface area contributed by atoms with Gasteiger partial charge in [-0.1, -0.05) is 24.3 Å². The van der Waals surface area contributed by atoms with Crippen LogP contribution < -0.4 is 21.7 Å². The van der Waals surface area contributed by atoms with Crippen LogP contribution >= 0.6 is 0 Å². The van der Waals surface area contributed by atoms with Crippen molar-refractivity contribution in [1.29, 1.82) is 0 Å². The van der Waals surface area contributed by atoms with E-state index in [1.807, 2.05) is 18.2 Å². The Morgan fingerprint density at radius 3 is 2.52 bits per heavy atom. The van der Waals surface area contributed by atoms with Gasteiger partial charge in [0.2, 0.25) is 11.8 Å². The van der Waals surface area contributed by atoms with Gasteiger partial charge < -0.3 is 21.7 Å². The molecule has 0 radical (unpaired) electrons. The molecule has 1 fully saturated rings. The van der Waals surface area contributed by atoms with Gasteiger partial charge in [-0.3, -0.25) is 14.4 Å². The van der Waals surface area contributed by atoms with E-state index in [4.69, 9.17) is 5.73 Å². The Morgan fingerprint density at radius 2 is 1.89 bits per heavy atom. The Kier molecular flexibility index (Phi) is 4.85. The highest BCUT2D eigenvalue weighted by Crippen LogP contribution is 2.28. The molecule has 1 aliphatic heterocycles. The number of Topliss-reactive ketones (excluding diaryl/α,β-unsaturated/α-hetero) is 1. The minimum Gasteiger partial charge on any atom is -0.397 e. The molecule has 1 heterocycles. The molecule has 0 aliphatic carbocycles. The second kappa shape index (κ2) is 7.11. The number of ketones is 1. The molecule has 2 unspecified atom stereocenters. The summed E-state index contributed by atoms with van der Waals surface area (Å²) < 4.78 is 0. The number of para-hydroxylation sites is 1. The van der Waals surface area contributed by atoms with E-state index in [0.29, 0.717) is 11.4 Å². The zero-order valence-electron chi connectivity index (χ0n) is 15.2. The molecule has 2 aromatic rings. The van der Waals surface area contributed by atoms with Gasteiger partial charge in [-0.15, -0.1) is 0 Å². The Morgan fingerprint density at radius 1 is 1.19 bits per heavy atom. The van der Waals surface area contributed by atoms with Crippen LogP contribution in [-0.4, -0.2) is 30.2 Å². The van der Waals surface area contributed by atoms with Crippen molar-refractivity contribution < 1.29 is 14.4 Å². The van der Waals surface area contributed by atoms with E-state index in [2.05, 4.69) is 16.0 Å². The molecular weight excluding hydrogens is 344 g/mol. The molecule has 1 aliphatic rings. The summed E-state index contributed by atoms with van der Waals surface area (Å²) in [6.45, 7) is 1.63. The SMILES string of the molecule is CNc1ccc(CC2(C)NC(=O)C(C(=O)Nc3ccccc3)C2=O)cc1N. The quantitative estimate of drug-likeness (QED) is 0.474. The summed E-state index contributed by atoms with van der Waals surface area (Å²) >= 11 is 0. The number of hydrogen-bond donors (Lipinski definition) is 4. The number of nitrogen functional groups attached to an aromatic ring is 1. The average Bonchev–Trinajstić information content (AvgIpc) is 2.84. The molecule has 140 valence electrons. The molecule has 2 aromatic carbocycles. The van der Waals surface area contributed by atoms with Crippen LogP contribution in [0.4, 0.5) is 17.1 Å². The number of hydrogen-bond acceptors (Lipinski definition) is 5. The highest BCUT2D eigenvalue weighted by Gasteiger charge is 2.52. The lowest BCUT2D eigenvalue weighted by Crippen LogP contribution is -2.45. The molecule has 2 amide bonds. The summed E-state index contributed by atoms with van der Waals surface area (Å²) in [4.78, 5) is 37.7. The first-order valence-electron chi connectivity index (χ1n) is 8.62. The summed E-state index contributed by atoms with van der Waals surface area (Å²) in [5.74, 6) is -3.03. The largest absolute Gasteiger partial charge is 0.397 e. The van der Waals surface area contributed by atoms with Gasteiger partial charge in [0.05, 0.1) is 11.4 Å². The summed E-state index contributed by atoms with van der Waals surface area (Å²) in [5.41, 5.74) is 7.48. The van der Waals surface area contributed by atoms with Gasteiger partial charge in [0.25, 0.3) is 0 Å². The molecule has 0 aromatic heterocycles. The standard InChI is InChI=1S/C20H22N4O3/c1-20(11-12-8-9-15(22-2)14(21)10-12)17(25)16(19(27)24-20)18(26)23-13-6-4-3-5-7-13/h3-10,16,22H,11,21H2,1-2H3,(H,23,26)(H,24,27). The van der Waals surface area contributed by atoms with E-state index >= 15 is 0 Å². The van der Waals surface area contributed by atoms with Crippen LogP contribution in [0.2, 0.25) is 0 Å². The maximum absolute atomic E-state index is 12.9. The fourth-order valence-corrected chi connectivity index (χ4v) is 3.31. The number of carbonyl (C=O) groups excluding carboxylic acids is 3. The van der Waals surface area contributed by atoms with Crippen LogP contribution in [-0.2, 0) is 20.8 Å². The summed E-state index contributed by atoms with van der Waals surface area (Å²) in [6.07, 6.45) is 0.251. The van der Waals surface area contributed by atoms with Crippen LogP contribution in [0.1, 0.15) is 12.5 Å². The van der Waals surface area contributed by atoms with E-state index in [0.717, 1.165) is 11.3 Å². The molecule has 3 rings (SSSR count). The van der Waals surface area contributed by atoms with Gasteiger partial charge in [0.15, 0.2) is 11.7 Å². The van der Waals surface area contributed by atoms with Crippen molar-refractivity contribution in [3.05, 3.63) is 54.1 Å². The number of nitrogens with two attached hydrogens (primary N) is 1. The molecular formula is C20H22N4O3. The first kappa shape index (κ1) is 18.4. The zero-order valence-corrected chi connectivity index (χ0v) is 15.2. The summed E-state index contributed by atoms with van der Waals surface area (Å²) in [6, 6.07) is 14.1. The first-order chi connectivity index (χ1) is 12.8. The predicted molar refractivity (Wildman–Crippen MR) is 104 cm³/mol. The third-order valence-corrected chi connectivity index (χ3v) is 4.71. The molecule has 0 spiro atoms. The molecule has 2 atom stereocenters. The maximum Gasteiger partial charge on any atom is 0.244 e. The minimum atomic E-state index is -1.37.